The lowest BCUT2D eigenvalue weighted by Crippen LogP contribution is -2.13. The topological polar surface area (TPSA) is 65.8 Å². The Bertz CT molecular complexity index is 595. The van der Waals surface area contributed by atoms with Crippen LogP contribution in [-0.2, 0) is 13.1 Å². The summed E-state index contributed by atoms with van der Waals surface area (Å²) in [6.45, 7) is 3.02. The average Bonchev–Trinajstić information content (AvgIpc) is 2.92. The van der Waals surface area contributed by atoms with Gasteiger partial charge >= 0.3 is 0 Å². The Balaban J connectivity index is 2.07. The number of benzene rings is 1. The molecule has 0 bridgehead atoms. The third-order valence-corrected chi connectivity index (χ3v) is 3.05. The summed E-state index contributed by atoms with van der Waals surface area (Å²) in [6, 6.07) is 3.70. The van der Waals surface area contributed by atoms with Crippen molar-refractivity contribution in [2.45, 2.75) is 20.0 Å². The van der Waals surface area contributed by atoms with Gasteiger partial charge in [0.15, 0.2) is 11.5 Å². The molecule has 1 heterocycles. The van der Waals surface area contributed by atoms with E-state index in [0.717, 1.165) is 17.1 Å². The summed E-state index contributed by atoms with van der Waals surface area (Å²) in [6.07, 6.45) is 1.70. The lowest BCUT2D eigenvalue weighted by molar-refractivity contribution is 0.347. The normalized spacial score (nSPS) is 10.5. The summed E-state index contributed by atoms with van der Waals surface area (Å²) in [7, 11) is 4.83. The molecule has 1 N–H and O–H groups in total. The Hall–Kier alpha value is -2.21. The third-order valence-electron chi connectivity index (χ3n) is 3.05. The lowest BCUT2D eigenvalue weighted by atomic mass is 10.1. The van der Waals surface area contributed by atoms with E-state index in [4.69, 9.17) is 18.6 Å². The number of aromatic nitrogens is 1. The smallest absolute Gasteiger partial charge is 0.208 e. The molecule has 1 aromatic heterocycles. The first-order valence-electron chi connectivity index (χ1n) is 6.58. The molecule has 2 rings (SSSR count). The van der Waals surface area contributed by atoms with Crippen molar-refractivity contribution in [1.82, 2.24) is 10.3 Å². The minimum atomic E-state index is 0.547. The SMILES string of the molecule is COc1cc(OC)c(OC)cc1CNCc1ncc(C)o1. The molecule has 0 spiro atoms. The first-order chi connectivity index (χ1) is 10.2. The zero-order valence-corrected chi connectivity index (χ0v) is 12.7. The van der Waals surface area contributed by atoms with Crippen molar-refractivity contribution in [2.24, 2.45) is 0 Å². The molecule has 0 saturated carbocycles. The second kappa shape index (κ2) is 6.99. The van der Waals surface area contributed by atoms with Crippen LogP contribution in [0.4, 0.5) is 0 Å². The van der Waals surface area contributed by atoms with Crippen LogP contribution in [0.5, 0.6) is 17.2 Å². The van der Waals surface area contributed by atoms with Crippen LogP contribution in [0.3, 0.4) is 0 Å². The third kappa shape index (κ3) is 3.66. The highest BCUT2D eigenvalue weighted by atomic mass is 16.5. The Labute approximate surface area is 124 Å². The lowest BCUT2D eigenvalue weighted by Gasteiger charge is -2.14. The van der Waals surface area contributed by atoms with Crippen molar-refractivity contribution in [3.05, 3.63) is 35.5 Å². The van der Waals surface area contributed by atoms with Crippen LogP contribution in [0, 0.1) is 6.92 Å². The molecule has 2 aromatic rings. The standard InChI is InChI=1S/C15H20N2O4/c1-10-7-17-15(21-10)9-16-8-11-5-13(19-3)14(20-4)6-12(11)18-2/h5-7,16H,8-9H2,1-4H3. The molecule has 0 aliphatic carbocycles. The van der Waals surface area contributed by atoms with Crippen LogP contribution in [0.1, 0.15) is 17.2 Å². The van der Waals surface area contributed by atoms with Crippen molar-refractivity contribution in [1.29, 1.82) is 0 Å². The van der Waals surface area contributed by atoms with Crippen LogP contribution < -0.4 is 19.5 Å². The van der Waals surface area contributed by atoms with Crippen molar-refractivity contribution in [2.75, 3.05) is 21.3 Å². The predicted octanol–water partition coefficient (Wildman–Crippen LogP) is 2.30. The molecule has 0 unspecified atom stereocenters. The first kappa shape index (κ1) is 15.2. The molecular weight excluding hydrogens is 272 g/mol. The molecule has 0 saturated heterocycles. The first-order valence-corrected chi connectivity index (χ1v) is 6.58. The highest BCUT2D eigenvalue weighted by molar-refractivity contribution is 5.50. The quantitative estimate of drug-likeness (QED) is 0.844. The van der Waals surface area contributed by atoms with E-state index >= 15 is 0 Å². The molecule has 0 aliphatic rings. The number of oxazole rings is 1. The fourth-order valence-corrected chi connectivity index (χ4v) is 2.02. The summed E-state index contributed by atoms with van der Waals surface area (Å²) < 4.78 is 21.4. The second-order valence-corrected chi connectivity index (χ2v) is 4.49. The highest BCUT2D eigenvalue weighted by Gasteiger charge is 2.11. The number of nitrogens with one attached hydrogen (secondary N) is 1. The van der Waals surface area contributed by atoms with Crippen LogP contribution in [0.2, 0.25) is 0 Å². The van der Waals surface area contributed by atoms with Crippen molar-refractivity contribution in [3.8, 4) is 17.2 Å². The summed E-state index contributed by atoms with van der Waals surface area (Å²) >= 11 is 0. The highest BCUT2D eigenvalue weighted by Crippen LogP contribution is 2.34. The van der Waals surface area contributed by atoms with Gasteiger partial charge in [0.1, 0.15) is 11.5 Å². The number of hydrogen-bond donors (Lipinski definition) is 1. The second-order valence-electron chi connectivity index (χ2n) is 4.49. The van der Waals surface area contributed by atoms with Gasteiger partial charge < -0.3 is 23.9 Å². The summed E-state index contributed by atoms with van der Waals surface area (Å²) in [4.78, 5) is 4.15. The molecule has 0 amide bonds. The van der Waals surface area contributed by atoms with E-state index in [0.29, 0.717) is 30.5 Å². The van der Waals surface area contributed by atoms with E-state index in [1.165, 1.54) is 0 Å². The Kier molecular flexibility index (Phi) is 5.05. The van der Waals surface area contributed by atoms with Gasteiger partial charge in [-0.1, -0.05) is 0 Å². The van der Waals surface area contributed by atoms with Gasteiger partial charge in [-0.15, -0.1) is 0 Å². The van der Waals surface area contributed by atoms with Crippen molar-refractivity contribution >= 4 is 0 Å². The number of rotatable bonds is 7. The van der Waals surface area contributed by atoms with Crippen LogP contribution >= 0.6 is 0 Å². The summed E-state index contributed by atoms with van der Waals surface area (Å²) in [5, 5.41) is 3.26. The van der Waals surface area contributed by atoms with Crippen LogP contribution in [0.15, 0.2) is 22.7 Å². The fourth-order valence-electron chi connectivity index (χ4n) is 2.02. The fraction of sp³-hybridized carbons (Fsp3) is 0.400. The monoisotopic (exact) mass is 292 g/mol. The van der Waals surface area contributed by atoms with Crippen molar-refractivity contribution < 1.29 is 18.6 Å². The molecule has 1 aromatic carbocycles. The number of hydrogen-bond acceptors (Lipinski definition) is 6. The van der Waals surface area contributed by atoms with Gasteiger partial charge in [-0.05, 0) is 13.0 Å². The van der Waals surface area contributed by atoms with Gasteiger partial charge in [0.05, 0.1) is 34.1 Å². The van der Waals surface area contributed by atoms with Gasteiger partial charge in [0.25, 0.3) is 0 Å². The number of nitrogens with zero attached hydrogens (tertiary/aromatic N) is 1. The van der Waals surface area contributed by atoms with E-state index in [1.807, 2.05) is 19.1 Å². The zero-order chi connectivity index (χ0) is 15.2. The maximum absolute atomic E-state index is 5.41. The van der Waals surface area contributed by atoms with E-state index in [2.05, 4.69) is 10.3 Å². The maximum Gasteiger partial charge on any atom is 0.208 e. The minimum absolute atomic E-state index is 0.547. The number of aryl methyl sites for hydroxylation is 1. The van der Waals surface area contributed by atoms with Gasteiger partial charge in [-0.25, -0.2) is 4.98 Å². The summed E-state index contributed by atoms with van der Waals surface area (Å²) in [5.74, 6) is 3.51. The van der Waals surface area contributed by atoms with Gasteiger partial charge in [-0.2, -0.15) is 0 Å². The van der Waals surface area contributed by atoms with Crippen LogP contribution in [-0.4, -0.2) is 26.3 Å². The van der Waals surface area contributed by atoms with E-state index in [9.17, 15) is 0 Å². The van der Waals surface area contributed by atoms with Crippen LogP contribution in [0.25, 0.3) is 0 Å². The van der Waals surface area contributed by atoms with E-state index in [-0.39, 0.29) is 0 Å². The number of ether oxygens (including phenoxy) is 3. The molecule has 114 valence electrons. The van der Waals surface area contributed by atoms with Crippen molar-refractivity contribution in [3.63, 3.8) is 0 Å². The van der Waals surface area contributed by atoms with E-state index in [1.54, 1.807) is 27.5 Å². The minimum Gasteiger partial charge on any atom is -0.496 e. The number of methoxy groups -OCH3 is 3. The van der Waals surface area contributed by atoms with E-state index < -0.39 is 0 Å². The van der Waals surface area contributed by atoms with Gasteiger partial charge in [0.2, 0.25) is 5.89 Å². The molecule has 0 fully saturated rings. The average molecular weight is 292 g/mol. The molecule has 6 nitrogen and oxygen atoms in total. The maximum atomic E-state index is 5.41. The molecule has 6 heteroatoms. The zero-order valence-electron chi connectivity index (χ0n) is 12.7. The Morgan fingerprint density at radius 3 is 2.24 bits per heavy atom. The Morgan fingerprint density at radius 1 is 1.00 bits per heavy atom. The molecule has 0 aliphatic heterocycles. The molecule has 0 atom stereocenters. The Morgan fingerprint density at radius 2 is 1.67 bits per heavy atom. The molecule has 21 heavy (non-hydrogen) atoms. The van der Waals surface area contributed by atoms with Gasteiger partial charge in [-0.3, -0.25) is 0 Å². The summed E-state index contributed by atoms with van der Waals surface area (Å²) in [5.41, 5.74) is 0.971. The predicted molar refractivity (Wildman–Crippen MR) is 77.9 cm³/mol. The largest absolute Gasteiger partial charge is 0.496 e. The molecular formula is C15H20N2O4. The molecule has 0 radical (unpaired) electrons. The van der Waals surface area contributed by atoms with Gasteiger partial charge in [0, 0.05) is 18.2 Å².